The Morgan fingerprint density at radius 2 is 2.35 bits per heavy atom. The van der Waals surface area contributed by atoms with Gasteiger partial charge in [0.05, 0.1) is 11.8 Å². The molecule has 0 aliphatic carbocycles. The number of esters is 1. The first-order valence-corrected chi connectivity index (χ1v) is 5.05. The lowest BCUT2D eigenvalue weighted by Gasteiger charge is -2.03. The van der Waals surface area contributed by atoms with Gasteiger partial charge >= 0.3 is 5.97 Å². The van der Waals surface area contributed by atoms with Crippen LogP contribution in [-0.4, -0.2) is 15.7 Å². The average Bonchev–Trinajstić information content (AvgIpc) is 2.73. The molecule has 0 bridgehead atoms. The molecular weight excluding hydrogens is 223 g/mol. The van der Waals surface area contributed by atoms with Crippen LogP contribution in [-0.2, 0) is 18.4 Å². The van der Waals surface area contributed by atoms with Crippen molar-refractivity contribution in [2.24, 2.45) is 7.05 Å². The molecule has 0 saturated heterocycles. The van der Waals surface area contributed by atoms with Crippen molar-refractivity contribution in [3.8, 4) is 0 Å². The minimum Gasteiger partial charge on any atom is -0.457 e. The van der Waals surface area contributed by atoms with Gasteiger partial charge in [-0.15, -0.1) is 0 Å². The molecule has 88 valence electrons. The Hall–Kier alpha value is -2.17. The third kappa shape index (κ3) is 2.90. The van der Waals surface area contributed by atoms with Gasteiger partial charge in [0.25, 0.3) is 0 Å². The Morgan fingerprint density at radius 1 is 1.53 bits per heavy atom. The summed E-state index contributed by atoms with van der Waals surface area (Å²) in [4.78, 5) is 11.5. The van der Waals surface area contributed by atoms with Gasteiger partial charge in [0.2, 0.25) is 0 Å². The Kier molecular flexibility index (Phi) is 3.18. The van der Waals surface area contributed by atoms with Crippen molar-refractivity contribution >= 4 is 5.97 Å². The fourth-order valence-corrected chi connectivity index (χ4v) is 1.39. The minimum absolute atomic E-state index is 0.0471. The molecule has 0 N–H and O–H groups in total. The van der Waals surface area contributed by atoms with Gasteiger partial charge in [-0.25, -0.2) is 9.18 Å². The topological polar surface area (TPSA) is 44.1 Å². The van der Waals surface area contributed by atoms with Crippen molar-refractivity contribution in [2.45, 2.75) is 6.61 Å². The molecule has 1 aromatic carbocycles. The number of ether oxygens (including phenoxy) is 1. The van der Waals surface area contributed by atoms with Gasteiger partial charge in [-0.2, -0.15) is 5.10 Å². The van der Waals surface area contributed by atoms with Crippen molar-refractivity contribution in [1.29, 1.82) is 0 Å². The van der Waals surface area contributed by atoms with Crippen LogP contribution in [0.25, 0.3) is 0 Å². The van der Waals surface area contributed by atoms with Crippen LogP contribution < -0.4 is 0 Å². The van der Waals surface area contributed by atoms with E-state index in [-0.39, 0.29) is 12.4 Å². The van der Waals surface area contributed by atoms with Gasteiger partial charge in [0.15, 0.2) is 0 Å². The Morgan fingerprint density at radius 3 is 3.00 bits per heavy atom. The molecule has 4 nitrogen and oxygen atoms in total. The molecule has 0 aliphatic rings. The number of benzene rings is 1. The third-order valence-electron chi connectivity index (χ3n) is 2.20. The van der Waals surface area contributed by atoms with E-state index < -0.39 is 5.97 Å². The first kappa shape index (κ1) is 11.3. The number of halogens is 1. The molecule has 5 heteroatoms. The van der Waals surface area contributed by atoms with Gasteiger partial charge in [0.1, 0.15) is 12.4 Å². The van der Waals surface area contributed by atoms with Crippen LogP contribution in [0.1, 0.15) is 15.9 Å². The predicted octanol–water partition coefficient (Wildman–Crippen LogP) is 1.92. The normalized spacial score (nSPS) is 10.2. The molecule has 0 spiro atoms. The maximum atomic E-state index is 12.9. The number of aryl methyl sites for hydroxylation is 1. The van der Waals surface area contributed by atoms with E-state index >= 15 is 0 Å². The zero-order valence-electron chi connectivity index (χ0n) is 9.26. The van der Waals surface area contributed by atoms with Crippen LogP contribution in [0.3, 0.4) is 0 Å². The molecular formula is C12H11FN2O2. The van der Waals surface area contributed by atoms with Crippen molar-refractivity contribution in [2.75, 3.05) is 0 Å². The highest BCUT2D eigenvalue weighted by atomic mass is 19.1. The first-order valence-electron chi connectivity index (χ1n) is 5.05. The standard InChI is InChI=1S/C12H11FN2O2/c1-15-7-10(6-14-15)12(16)17-8-9-3-2-4-11(13)5-9/h2-7H,8H2,1H3. The summed E-state index contributed by atoms with van der Waals surface area (Å²) in [6, 6.07) is 5.94. The Bertz CT molecular complexity index is 537. The van der Waals surface area contributed by atoms with Gasteiger partial charge in [-0.05, 0) is 17.7 Å². The van der Waals surface area contributed by atoms with Crippen LogP contribution in [0.5, 0.6) is 0 Å². The number of carbonyl (C=O) groups is 1. The second kappa shape index (κ2) is 4.78. The molecule has 0 atom stereocenters. The lowest BCUT2D eigenvalue weighted by atomic mass is 10.2. The zero-order chi connectivity index (χ0) is 12.3. The van der Waals surface area contributed by atoms with E-state index in [0.29, 0.717) is 11.1 Å². The second-order valence-electron chi connectivity index (χ2n) is 3.61. The van der Waals surface area contributed by atoms with E-state index in [1.165, 1.54) is 23.0 Å². The number of hydrogen-bond donors (Lipinski definition) is 0. The van der Waals surface area contributed by atoms with Crippen molar-refractivity contribution < 1.29 is 13.9 Å². The zero-order valence-corrected chi connectivity index (χ0v) is 9.26. The quantitative estimate of drug-likeness (QED) is 0.762. The molecule has 0 fully saturated rings. The van der Waals surface area contributed by atoms with E-state index in [9.17, 15) is 9.18 Å². The molecule has 0 unspecified atom stereocenters. The molecule has 1 heterocycles. The summed E-state index contributed by atoms with van der Waals surface area (Å²) in [7, 11) is 1.71. The molecule has 0 aliphatic heterocycles. The van der Waals surface area contributed by atoms with Gasteiger partial charge in [-0.3, -0.25) is 4.68 Å². The number of rotatable bonds is 3. The third-order valence-corrected chi connectivity index (χ3v) is 2.20. The summed E-state index contributed by atoms with van der Waals surface area (Å²) in [5.41, 5.74) is 0.992. The summed E-state index contributed by atoms with van der Waals surface area (Å²) in [6.07, 6.45) is 2.99. The maximum Gasteiger partial charge on any atom is 0.341 e. The molecule has 2 aromatic rings. The van der Waals surface area contributed by atoms with Crippen LogP contribution in [0.4, 0.5) is 4.39 Å². The highest BCUT2D eigenvalue weighted by molar-refractivity contribution is 5.88. The summed E-state index contributed by atoms with van der Waals surface area (Å²) in [5, 5.41) is 3.86. The van der Waals surface area contributed by atoms with E-state index in [0.717, 1.165) is 0 Å². The molecule has 0 radical (unpaired) electrons. The van der Waals surface area contributed by atoms with Crippen molar-refractivity contribution in [3.63, 3.8) is 0 Å². The molecule has 0 saturated carbocycles. The smallest absolute Gasteiger partial charge is 0.341 e. The van der Waals surface area contributed by atoms with Gasteiger partial charge in [0, 0.05) is 13.2 Å². The fraction of sp³-hybridized carbons (Fsp3) is 0.167. The van der Waals surface area contributed by atoms with Crippen LogP contribution in [0, 0.1) is 5.82 Å². The van der Waals surface area contributed by atoms with Crippen molar-refractivity contribution in [1.82, 2.24) is 9.78 Å². The SMILES string of the molecule is Cn1cc(C(=O)OCc2cccc(F)c2)cn1. The van der Waals surface area contributed by atoms with Crippen LogP contribution in [0.2, 0.25) is 0 Å². The number of hydrogen-bond acceptors (Lipinski definition) is 3. The van der Waals surface area contributed by atoms with Gasteiger partial charge in [-0.1, -0.05) is 12.1 Å². The molecule has 2 rings (SSSR count). The summed E-state index contributed by atoms with van der Waals surface area (Å²) >= 11 is 0. The number of carbonyl (C=O) groups excluding carboxylic acids is 1. The number of aromatic nitrogens is 2. The predicted molar refractivity (Wildman–Crippen MR) is 58.7 cm³/mol. The van der Waals surface area contributed by atoms with Crippen LogP contribution >= 0.6 is 0 Å². The fourth-order valence-electron chi connectivity index (χ4n) is 1.39. The van der Waals surface area contributed by atoms with E-state index in [4.69, 9.17) is 4.74 Å². The highest BCUT2D eigenvalue weighted by Crippen LogP contribution is 2.07. The van der Waals surface area contributed by atoms with Gasteiger partial charge < -0.3 is 4.74 Å². The summed E-state index contributed by atoms with van der Waals surface area (Å²) in [6.45, 7) is 0.0471. The lowest BCUT2D eigenvalue weighted by Crippen LogP contribution is -2.04. The maximum absolute atomic E-state index is 12.9. The average molecular weight is 234 g/mol. The van der Waals surface area contributed by atoms with Crippen molar-refractivity contribution in [3.05, 3.63) is 53.6 Å². The Balaban J connectivity index is 1.97. The summed E-state index contributed by atoms with van der Waals surface area (Å²) < 4.78 is 19.4. The Labute approximate surface area is 97.6 Å². The second-order valence-corrected chi connectivity index (χ2v) is 3.61. The van der Waals surface area contributed by atoms with E-state index in [1.54, 1.807) is 25.4 Å². The highest BCUT2D eigenvalue weighted by Gasteiger charge is 2.09. The first-order chi connectivity index (χ1) is 8.15. The molecule has 17 heavy (non-hydrogen) atoms. The van der Waals surface area contributed by atoms with E-state index in [1.807, 2.05) is 0 Å². The lowest BCUT2D eigenvalue weighted by molar-refractivity contribution is 0.0472. The van der Waals surface area contributed by atoms with Crippen LogP contribution in [0.15, 0.2) is 36.7 Å². The molecule has 1 aromatic heterocycles. The monoisotopic (exact) mass is 234 g/mol. The number of nitrogens with zero attached hydrogens (tertiary/aromatic N) is 2. The van der Waals surface area contributed by atoms with E-state index in [2.05, 4.69) is 5.10 Å². The largest absolute Gasteiger partial charge is 0.457 e. The molecule has 0 amide bonds. The minimum atomic E-state index is -0.470. The summed E-state index contributed by atoms with van der Waals surface area (Å²) in [5.74, 6) is -0.817.